The molecule has 2 aromatic rings. The summed E-state index contributed by atoms with van der Waals surface area (Å²) in [5, 5.41) is 0.441. The van der Waals surface area contributed by atoms with Gasteiger partial charge in [-0.25, -0.2) is 0 Å². The van der Waals surface area contributed by atoms with Gasteiger partial charge in [0.05, 0.1) is 6.26 Å². The van der Waals surface area contributed by atoms with E-state index in [0.717, 1.165) is 18.6 Å². The molecule has 0 saturated carbocycles. The summed E-state index contributed by atoms with van der Waals surface area (Å²) in [6.45, 7) is 2.00. The summed E-state index contributed by atoms with van der Waals surface area (Å²) < 4.78 is 5.35. The lowest BCUT2D eigenvalue weighted by Crippen LogP contribution is -2.29. The summed E-state index contributed by atoms with van der Waals surface area (Å²) in [7, 11) is 0. The van der Waals surface area contributed by atoms with Crippen LogP contribution < -0.4 is 5.73 Å². The normalized spacial score (nSPS) is 22.8. The van der Waals surface area contributed by atoms with Gasteiger partial charge in [-0.3, -0.25) is 0 Å². The lowest BCUT2D eigenvalue weighted by atomic mass is 9.88. The number of hydrogen-bond acceptors (Lipinski definition) is 3. The molecule has 2 unspecified atom stereocenters. The minimum Gasteiger partial charge on any atom is -0.468 e. The maximum atomic E-state index is 6.41. The number of rotatable bonds is 2. The Labute approximate surface area is 112 Å². The van der Waals surface area contributed by atoms with Crippen molar-refractivity contribution in [3.63, 3.8) is 0 Å². The predicted octanol–water partition coefficient (Wildman–Crippen LogP) is 3.69. The fourth-order valence-electron chi connectivity index (χ4n) is 2.56. The maximum absolute atomic E-state index is 6.41. The Morgan fingerprint density at radius 1 is 1.28 bits per heavy atom. The maximum Gasteiger partial charge on any atom is 0.114 e. The smallest absolute Gasteiger partial charge is 0.114 e. The SMILES string of the molecule is Cc1occc1SC1CCc2ccccc2C1N. The van der Waals surface area contributed by atoms with Crippen molar-refractivity contribution in [1.29, 1.82) is 0 Å². The highest BCUT2D eigenvalue weighted by Gasteiger charge is 2.27. The molecule has 18 heavy (non-hydrogen) atoms. The molecule has 0 amide bonds. The molecule has 3 heteroatoms. The van der Waals surface area contributed by atoms with E-state index in [9.17, 15) is 0 Å². The van der Waals surface area contributed by atoms with E-state index in [1.807, 2.05) is 24.8 Å². The standard InChI is InChI=1S/C15H17NOS/c1-10-13(8-9-17-10)18-14-7-6-11-4-2-3-5-12(11)15(14)16/h2-5,8-9,14-15H,6-7,16H2,1H3. The van der Waals surface area contributed by atoms with Crippen molar-refractivity contribution in [2.75, 3.05) is 0 Å². The van der Waals surface area contributed by atoms with Gasteiger partial charge < -0.3 is 10.2 Å². The van der Waals surface area contributed by atoms with E-state index >= 15 is 0 Å². The first kappa shape index (κ1) is 11.9. The van der Waals surface area contributed by atoms with Crippen molar-refractivity contribution in [2.45, 2.75) is 36.0 Å². The fourth-order valence-corrected chi connectivity index (χ4v) is 3.76. The Hall–Kier alpha value is -1.19. The molecule has 0 fully saturated rings. The minimum absolute atomic E-state index is 0.120. The molecule has 3 rings (SSSR count). The number of fused-ring (bicyclic) bond motifs is 1. The highest BCUT2D eigenvalue weighted by molar-refractivity contribution is 8.00. The summed E-state index contributed by atoms with van der Waals surface area (Å²) in [6.07, 6.45) is 4.01. The van der Waals surface area contributed by atoms with Crippen LogP contribution in [0, 0.1) is 6.92 Å². The topological polar surface area (TPSA) is 39.2 Å². The van der Waals surface area contributed by atoms with Gasteiger partial charge in [-0.15, -0.1) is 11.8 Å². The van der Waals surface area contributed by atoms with Crippen LogP contribution in [0.25, 0.3) is 0 Å². The third-order valence-electron chi connectivity index (χ3n) is 3.60. The van der Waals surface area contributed by atoms with Crippen LogP contribution in [0.15, 0.2) is 45.9 Å². The first-order valence-corrected chi connectivity index (χ1v) is 7.18. The Bertz CT molecular complexity index is 549. The molecule has 1 aromatic carbocycles. The van der Waals surface area contributed by atoms with Crippen molar-refractivity contribution in [1.82, 2.24) is 0 Å². The van der Waals surface area contributed by atoms with Crippen LogP contribution in [0.5, 0.6) is 0 Å². The molecule has 2 nitrogen and oxygen atoms in total. The monoisotopic (exact) mass is 259 g/mol. The average Bonchev–Trinajstić information content (AvgIpc) is 2.79. The number of aryl methyl sites for hydroxylation is 2. The Morgan fingerprint density at radius 3 is 2.89 bits per heavy atom. The van der Waals surface area contributed by atoms with E-state index < -0.39 is 0 Å². The molecule has 0 spiro atoms. The van der Waals surface area contributed by atoms with Gasteiger partial charge in [0.15, 0.2) is 0 Å². The number of furan rings is 1. The molecule has 1 aliphatic rings. The molecule has 0 bridgehead atoms. The quantitative estimate of drug-likeness (QED) is 0.894. The van der Waals surface area contributed by atoms with E-state index in [-0.39, 0.29) is 6.04 Å². The van der Waals surface area contributed by atoms with E-state index in [4.69, 9.17) is 10.2 Å². The zero-order chi connectivity index (χ0) is 12.5. The van der Waals surface area contributed by atoms with Crippen LogP contribution in [0.1, 0.15) is 29.3 Å². The van der Waals surface area contributed by atoms with Crippen LogP contribution in [0.3, 0.4) is 0 Å². The molecular weight excluding hydrogens is 242 g/mol. The summed E-state index contributed by atoms with van der Waals surface area (Å²) in [6, 6.07) is 10.7. The van der Waals surface area contributed by atoms with Gasteiger partial charge in [-0.05, 0) is 37.0 Å². The number of thioether (sulfide) groups is 1. The highest BCUT2D eigenvalue weighted by Crippen LogP contribution is 2.39. The van der Waals surface area contributed by atoms with Gasteiger partial charge in [-0.2, -0.15) is 0 Å². The predicted molar refractivity (Wildman–Crippen MR) is 74.8 cm³/mol. The average molecular weight is 259 g/mol. The van der Waals surface area contributed by atoms with Crippen molar-refractivity contribution in [3.05, 3.63) is 53.5 Å². The Balaban J connectivity index is 1.83. The van der Waals surface area contributed by atoms with Crippen molar-refractivity contribution in [3.8, 4) is 0 Å². The van der Waals surface area contributed by atoms with E-state index in [2.05, 4.69) is 24.3 Å². The molecule has 0 saturated heterocycles. The highest BCUT2D eigenvalue weighted by atomic mass is 32.2. The van der Waals surface area contributed by atoms with Gasteiger partial charge in [-0.1, -0.05) is 24.3 Å². The molecule has 2 atom stereocenters. The molecule has 1 aliphatic carbocycles. The second-order valence-corrected chi connectivity index (χ2v) is 6.04. The summed E-state index contributed by atoms with van der Waals surface area (Å²) in [5.74, 6) is 0.992. The molecule has 94 valence electrons. The number of hydrogen-bond donors (Lipinski definition) is 1. The Morgan fingerprint density at radius 2 is 2.11 bits per heavy atom. The molecule has 0 radical (unpaired) electrons. The van der Waals surface area contributed by atoms with Crippen molar-refractivity contribution < 1.29 is 4.42 Å². The Kier molecular flexibility index (Phi) is 3.18. The van der Waals surface area contributed by atoms with Crippen LogP contribution in [0.2, 0.25) is 0 Å². The van der Waals surface area contributed by atoms with Gasteiger partial charge in [0.25, 0.3) is 0 Å². The second-order valence-electron chi connectivity index (χ2n) is 4.76. The third-order valence-corrected chi connectivity index (χ3v) is 5.11. The second kappa shape index (κ2) is 4.82. The first-order valence-electron chi connectivity index (χ1n) is 6.30. The van der Waals surface area contributed by atoms with Crippen molar-refractivity contribution >= 4 is 11.8 Å². The van der Waals surface area contributed by atoms with Crippen LogP contribution in [-0.4, -0.2) is 5.25 Å². The zero-order valence-corrected chi connectivity index (χ0v) is 11.2. The zero-order valence-electron chi connectivity index (χ0n) is 10.4. The van der Waals surface area contributed by atoms with E-state index in [1.165, 1.54) is 16.0 Å². The lowest BCUT2D eigenvalue weighted by molar-refractivity contribution is 0.526. The van der Waals surface area contributed by atoms with E-state index in [0.29, 0.717) is 5.25 Å². The molecule has 0 aliphatic heterocycles. The summed E-state index contributed by atoms with van der Waals surface area (Å²) >= 11 is 1.85. The lowest BCUT2D eigenvalue weighted by Gasteiger charge is -2.30. The molecule has 1 aromatic heterocycles. The molecule has 2 N–H and O–H groups in total. The van der Waals surface area contributed by atoms with Crippen LogP contribution in [0.4, 0.5) is 0 Å². The van der Waals surface area contributed by atoms with Gasteiger partial charge >= 0.3 is 0 Å². The fraction of sp³-hybridized carbons (Fsp3) is 0.333. The third kappa shape index (κ3) is 2.08. The van der Waals surface area contributed by atoms with Gasteiger partial charge in [0.1, 0.15) is 5.76 Å². The minimum atomic E-state index is 0.120. The molecular formula is C15H17NOS. The van der Waals surface area contributed by atoms with Crippen molar-refractivity contribution in [2.24, 2.45) is 5.73 Å². The summed E-state index contributed by atoms with van der Waals surface area (Å²) in [4.78, 5) is 1.22. The van der Waals surface area contributed by atoms with E-state index in [1.54, 1.807) is 6.26 Å². The molecule has 1 heterocycles. The largest absolute Gasteiger partial charge is 0.468 e. The first-order chi connectivity index (χ1) is 8.75. The summed E-state index contributed by atoms with van der Waals surface area (Å²) in [5.41, 5.74) is 9.12. The van der Waals surface area contributed by atoms with Gasteiger partial charge in [0, 0.05) is 16.2 Å². The van der Waals surface area contributed by atoms with Gasteiger partial charge in [0.2, 0.25) is 0 Å². The number of benzene rings is 1. The van der Waals surface area contributed by atoms with Crippen LogP contribution >= 0.6 is 11.8 Å². The number of nitrogens with two attached hydrogens (primary N) is 1. The van der Waals surface area contributed by atoms with Crippen LogP contribution in [-0.2, 0) is 6.42 Å².